The van der Waals surface area contributed by atoms with Crippen LogP contribution in [0.1, 0.15) is 70.8 Å². The van der Waals surface area contributed by atoms with Gasteiger partial charge >= 0.3 is 0 Å². The molecule has 190 valence electrons. The summed E-state index contributed by atoms with van der Waals surface area (Å²) in [6.07, 6.45) is 4.58. The van der Waals surface area contributed by atoms with Gasteiger partial charge in [-0.25, -0.2) is 8.42 Å². The highest BCUT2D eigenvalue weighted by Crippen LogP contribution is 2.28. The molecule has 2 aliphatic rings. The van der Waals surface area contributed by atoms with Crippen molar-refractivity contribution in [2.75, 3.05) is 39.8 Å². The molecule has 3 rings (SSSR count). The Morgan fingerprint density at radius 2 is 1.53 bits per heavy atom. The number of amides is 2. The van der Waals surface area contributed by atoms with E-state index in [1.807, 2.05) is 29.0 Å². The van der Waals surface area contributed by atoms with E-state index >= 15 is 0 Å². The lowest BCUT2D eigenvalue weighted by Gasteiger charge is -2.37. The van der Waals surface area contributed by atoms with E-state index in [1.54, 1.807) is 12.1 Å². The summed E-state index contributed by atoms with van der Waals surface area (Å²) in [5, 5.41) is 0. The molecule has 2 heterocycles. The molecule has 2 amide bonds. The standard InChI is InChI=1S/C26H41N3O4S/c1-5-6-15-27(4)25(30)22-11-16-28(17-12-22)26(31)23-13-18-29(19-14-23)34(32,33)24-9-7-21(8-10-24)20(2)3/h7-10,20,22-23H,5-6,11-19H2,1-4H3. The van der Waals surface area contributed by atoms with Crippen molar-refractivity contribution >= 4 is 21.8 Å². The van der Waals surface area contributed by atoms with Gasteiger partial charge in [-0.3, -0.25) is 9.59 Å². The van der Waals surface area contributed by atoms with Gasteiger partial charge in [-0.1, -0.05) is 39.3 Å². The summed E-state index contributed by atoms with van der Waals surface area (Å²) >= 11 is 0. The average Bonchev–Trinajstić information content (AvgIpc) is 2.86. The second-order valence-corrected chi connectivity index (χ2v) is 12.1. The number of rotatable bonds is 8. The summed E-state index contributed by atoms with van der Waals surface area (Å²) in [6.45, 7) is 9.01. The van der Waals surface area contributed by atoms with Crippen molar-refractivity contribution in [3.63, 3.8) is 0 Å². The van der Waals surface area contributed by atoms with Crippen molar-refractivity contribution in [3.05, 3.63) is 29.8 Å². The maximum atomic E-state index is 13.1. The van der Waals surface area contributed by atoms with Crippen molar-refractivity contribution in [3.8, 4) is 0 Å². The zero-order valence-electron chi connectivity index (χ0n) is 21.2. The molecule has 1 aromatic rings. The van der Waals surface area contributed by atoms with Gasteiger partial charge in [-0.15, -0.1) is 0 Å². The second-order valence-electron chi connectivity index (χ2n) is 10.1. The predicted octanol–water partition coefficient (Wildman–Crippen LogP) is 3.71. The summed E-state index contributed by atoms with van der Waals surface area (Å²) in [5.74, 6) is 0.516. The first-order valence-electron chi connectivity index (χ1n) is 12.8. The lowest BCUT2D eigenvalue weighted by molar-refractivity contribution is -0.142. The third-order valence-corrected chi connectivity index (χ3v) is 9.28. The van der Waals surface area contributed by atoms with Crippen molar-refractivity contribution in [1.29, 1.82) is 0 Å². The highest BCUT2D eigenvalue weighted by Gasteiger charge is 2.36. The van der Waals surface area contributed by atoms with E-state index in [2.05, 4.69) is 20.8 Å². The monoisotopic (exact) mass is 491 g/mol. The van der Waals surface area contributed by atoms with Crippen LogP contribution in [-0.2, 0) is 19.6 Å². The van der Waals surface area contributed by atoms with Crippen LogP contribution < -0.4 is 0 Å². The molecule has 0 radical (unpaired) electrons. The van der Waals surface area contributed by atoms with Gasteiger partial charge in [0.05, 0.1) is 4.90 Å². The molecule has 0 unspecified atom stereocenters. The summed E-state index contributed by atoms with van der Waals surface area (Å²) in [4.78, 5) is 29.8. The number of piperidine rings is 2. The normalized spacial score (nSPS) is 18.9. The molecule has 1 aromatic carbocycles. The minimum absolute atomic E-state index is 0.0000179. The Hall–Kier alpha value is -1.93. The number of carbonyl (C=O) groups is 2. The van der Waals surface area contributed by atoms with E-state index in [0.29, 0.717) is 62.7 Å². The van der Waals surface area contributed by atoms with Gasteiger partial charge in [0.1, 0.15) is 0 Å². The fourth-order valence-corrected chi connectivity index (χ4v) is 6.41. The second kappa shape index (κ2) is 11.7. The van der Waals surface area contributed by atoms with Crippen LogP contribution in [0.5, 0.6) is 0 Å². The van der Waals surface area contributed by atoms with Gasteiger partial charge in [0.15, 0.2) is 0 Å². The van der Waals surface area contributed by atoms with Crippen LogP contribution in [0.2, 0.25) is 0 Å². The van der Waals surface area contributed by atoms with Crippen molar-refractivity contribution in [1.82, 2.24) is 14.1 Å². The van der Waals surface area contributed by atoms with Crippen LogP contribution in [0.25, 0.3) is 0 Å². The smallest absolute Gasteiger partial charge is 0.243 e. The van der Waals surface area contributed by atoms with Gasteiger partial charge in [0.2, 0.25) is 21.8 Å². The first kappa shape index (κ1) is 26.7. The highest BCUT2D eigenvalue weighted by atomic mass is 32.2. The molecule has 8 heteroatoms. The number of likely N-dealkylation sites (tertiary alicyclic amines) is 1. The summed E-state index contributed by atoms with van der Waals surface area (Å²) in [5.41, 5.74) is 1.11. The molecule has 0 atom stereocenters. The van der Waals surface area contributed by atoms with Gasteiger partial charge in [0.25, 0.3) is 0 Å². The van der Waals surface area contributed by atoms with Gasteiger partial charge < -0.3 is 9.80 Å². The maximum absolute atomic E-state index is 13.1. The third-order valence-electron chi connectivity index (χ3n) is 7.37. The fraction of sp³-hybridized carbons (Fsp3) is 0.692. The zero-order valence-corrected chi connectivity index (χ0v) is 22.0. The molecule has 0 bridgehead atoms. The van der Waals surface area contributed by atoms with Crippen LogP contribution in [0.4, 0.5) is 0 Å². The lowest BCUT2D eigenvalue weighted by atomic mass is 9.92. The molecular formula is C26H41N3O4S. The number of sulfonamides is 1. The number of hydrogen-bond acceptors (Lipinski definition) is 4. The number of carbonyl (C=O) groups excluding carboxylic acids is 2. The Morgan fingerprint density at radius 1 is 0.971 bits per heavy atom. The Labute approximate surface area is 205 Å². The van der Waals surface area contributed by atoms with Gasteiger partial charge in [0, 0.05) is 51.6 Å². The van der Waals surface area contributed by atoms with E-state index in [4.69, 9.17) is 0 Å². The topological polar surface area (TPSA) is 78.0 Å². The molecular weight excluding hydrogens is 450 g/mol. The van der Waals surface area contributed by atoms with Crippen molar-refractivity contribution in [2.24, 2.45) is 11.8 Å². The van der Waals surface area contributed by atoms with E-state index in [-0.39, 0.29) is 23.7 Å². The van der Waals surface area contributed by atoms with Crippen molar-refractivity contribution < 1.29 is 18.0 Å². The Bertz CT molecular complexity index is 929. The SMILES string of the molecule is CCCCN(C)C(=O)C1CCN(C(=O)C2CCN(S(=O)(=O)c3ccc(C(C)C)cc3)CC2)CC1. The average molecular weight is 492 g/mol. The van der Waals surface area contributed by atoms with E-state index in [1.165, 1.54) is 4.31 Å². The van der Waals surface area contributed by atoms with Crippen LogP contribution in [0, 0.1) is 11.8 Å². The quantitative estimate of drug-likeness (QED) is 0.555. The van der Waals surface area contributed by atoms with E-state index in [9.17, 15) is 18.0 Å². The molecule has 7 nitrogen and oxygen atoms in total. The largest absolute Gasteiger partial charge is 0.346 e. The molecule has 2 fully saturated rings. The van der Waals surface area contributed by atoms with E-state index in [0.717, 1.165) is 24.9 Å². The van der Waals surface area contributed by atoms with Crippen LogP contribution >= 0.6 is 0 Å². The molecule has 2 aliphatic heterocycles. The maximum Gasteiger partial charge on any atom is 0.243 e. The minimum atomic E-state index is -3.54. The number of unbranched alkanes of at least 4 members (excludes halogenated alkanes) is 1. The predicted molar refractivity (Wildman–Crippen MR) is 134 cm³/mol. The first-order valence-corrected chi connectivity index (χ1v) is 14.2. The molecule has 0 spiro atoms. The molecule has 2 saturated heterocycles. The number of hydrogen-bond donors (Lipinski definition) is 0. The van der Waals surface area contributed by atoms with Crippen LogP contribution in [-0.4, -0.2) is 74.1 Å². The summed E-state index contributed by atoms with van der Waals surface area (Å²) in [7, 11) is -1.67. The lowest BCUT2D eigenvalue weighted by Crippen LogP contribution is -2.48. The Kier molecular flexibility index (Phi) is 9.15. The summed E-state index contributed by atoms with van der Waals surface area (Å²) in [6, 6.07) is 7.13. The fourth-order valence-electron chi connectivity index (χ4n) is 4.94. The Balaban J connectivity index is 1.50. The molecule has 0 saturated carbocycles. The van der Waals surface area contributed by atoms with Gasteiger partial charge in [-0.2, -0.15) is 4.31 Å². The third kappa shape index (κ3) is 6.19. The van der Waals surface area contributed by atoms with Gasteiger partial charge in [-0.05, 0) is 55.7 Å². The Morgan fingerprint density at radius 3 is 2.06 bits per heavy atom. The molecule has 0 N–H and O–H groups in total. The molecule has 0 aliphatic carbocycles. The van der Waals surface area contributed by atoms with Crippen LogP contribution in [0.3, 0.4) is 0 Å². The minimum Gasteiger partial charge on any atom is -0.346 e. The first-order chi connectivity index (χ1) is 16.1. The van der Waals surface area contributed by atoms with Crippen LogP contribution in [0.15, 0.2) is 29.2 Å². The van der Waals surface area contributed by atoms with E-state index < -0.39 is 10.0 Å². The molecule has 0 aromatic heterocycles. The molecule has 34 heavy (non-hydrogen) atoms. The summed E-state index contributed by atoms with van der Waals surface area (Å²) < 4.78 is 27.6. The highest BCUT2D eigenvalue weighted by molar-refractivity contribution is 7.89. The zero-order chi connectivity index (χ0) is 24.9. The number of nitrogens with zero attached hydrogens (tertiary/aromatic N) is 3. The number of benzene rings is 1. The van der Waals surface area contributed by atoms with Crippen molar-refractivity contribution in [2.45, 2.75) is 70.1 Å².